The maximum absolute atomic E-state index is 11.3. The molecule has 2 fully saturated rings. The number of carbonyl (C=O) groups is 3. The Morgan fingerprint density at radius 1 is 1.07 bits per heavy atom. The van der Waals surface area contributed by atoms with Gasteiger partial charge in [0.2, 0.25) is 0 Å². The summed E-state index contributed by atoms with van der Waals surface area (Å²) in [4.78, 5) is 36.4. The molecular weight excluding hydrogens is 188 g/mol. The van der Waals surface area contributed by atoms with Gasteiger partial charge in [-0.15, -0.1) is 0 Å². The molecule has 76 valence electrons. The molecule has 7 nitrogen and oxygen atoms in total. The SMILES string of the molecule is CN1C(=O)NC(=O)C2NC(=O)N(C)C21. The number of carbonyl (C=O) groups excluding carboxylic acids is 3. The van der Waals surface area contributed by atoms with Crippen LogP contribution in [0.25, 0.3) is 0 Å². The van der Waals surface area contributed by atoms with Gasteiger partial charge in [-0.25, -0.2) is 9.59 Å². The molecule has 2 rings (SSSR count). The van der Waals surface area contributed by atoms with Gasteiger partial charge in [0.05, 0.1) is 0 Å². The molecule has 2 heterocycles. The Kier molecular flexibility index (Phi) is 1.63. The third-order valence-corrected chi connectivity index (χ3v) is 2.52. The average Bonchev–Trinajstić information content (AvgIpc) is 2.41. The Hall–Kier alpha value is -1.79. The second-order valence-corrected chi connectivity index (χ2v) is 3.36. The number of likely N-dealkylation sites (N-methyl/N-ethyl adjacent to an activating group) is 2. The maximum Gasteiger partial charge on any atom is 0.325 e. The van der Waals surface area contributed by atoms with Gasteiger partial charge in [-0.3, -0.25) is 10.1 Å². The summed E-state index contributed by atoms with van der Waals surface area (Å²) >= 11 is 0. The molecular formula is C7H10N4O3. The van der Waals surface area contributed by atoms with Crippen LogP contribution < -0.4 is 10.6 Å². The molecule has 0 spiro atoms. The highest BCUT2D eigenvalue weighted by Gasteiger charge is 2.49. The Morgan fingerprint density at radius 2 is 1.64 bits per heavy atom. The molecule has 2 aliphatic heterocycles. The molecule has 7 heteroatoms. The minimum Gasteiger partial charge on any atom is -0.322 e. The smallest absolute Gasteiger partial charge is 0.322 e. The number of hydrogen-bond acceptors (Lipinski definition) is 3. The number of amides is 5. The van der Waals surface area contributed by atoms with Gasteiger partial charge < -0.3 is 15.1 Å². The van der Waals surface area contributed by atoms with Crippen LogP contribution in [0, 0.1) is 0 Å². The zero-order valence-electron chi connectivity index (χ0n) is 7.77. The fourth-order valence-corrected chi connectivity index (χ4v) is 1.73. The molecule has 0 radical (unpaired) electrons. The van der Waals surface area contributed by atoms with E-state index in [1.165, 1.54) is 16.8 Å². The number of nitrogens with one attached hydrogen (secondary N) is 2. The first kappa shape index (κ1) is 8.79. The summed E-state index contributed by atoms with van der Waals surface area (Å²) in [5.41, 5.74) is 0. The summed E-state index contributed by atoms with van der Waals surface area (Å²) in [6.45, 7) is 0. The van der Waals surface area contributed by atoms with Crippen molar-refractivity contribution in [3.8, 4) is 0 Å². The van der Waals surface area contributed by atoms with Gasteiger partial charge >= 0.3 is 12.1 Å². The highest BCUT2D eigenvalue weighted by Crippen LogP contribution is 2.18. The molecule has 0 aromatic carbocycles. The van der Waals surface area contributed by atoms with Gasteiger partial charge in [-0.2, -0.15) is 0 Å². The maximum atomic E-state index is 11.3. The van der Waals surface area contributed by atoms with Crippen LogP contribution in [0.5, 0.6) is 0 Å². The molecule has 0 aromatic heterocycles. The fourth-order valence-electron chi connectivity index (χ4n) is 1.73. The molecule has 0 bridgehead atoms. The number of nitrogens with zero attached hydrogens (tertiary/aromatic N) is 2. The van der Waals surface area contributed by atoms with Gasteiger partial charge in [0.25, 0.3) is 5.91 Å². The molecule has 0 aromatic rings. The molecule has 14 heavy (non-hydrogen) atoms. The van der Waals surface area contributed by atoms with E-state index in [2.05, 4.69) is 10.6 Å². The van der Waals surface area contributed by atoms with Crippen molar-refractivity contribution in [1.82, 2.24) is 20.4 Å². The van der Waals surface area contributed by atoms with Crippen LogP contribution >= 0.6 is 0 Å². The predicted octanol–water partition coefficient (Wildman–Crippen LogP) is -1.48. The van der Waals surface area contributed by atoms with Crippen molar-refractivity contribution in [3.05, 3.63) is 0 Å². The first-order valence-corrected chi connectivity index (χ1v) is 4.13. The molecule has 2 unspecified atom stereocenters. The van der Waals surface area contributed by atoms with Crippen molar-refractivity contribution in [3.63, 3.8) is 0 Å². The van der Waals surface area contributed by atoms with Crippen molar-refractivity contribution in [2.24, 2.45) is 0 Å². The molecule has 2 N–H and O–H groups in total. The summed E-state index contributed by atoms with van der Waals surface area (Å²) in [6.07, 6.45) is -0.524. The lowest BCUT2D eigenvalue weighted by Crippen LogP contribution is -2.64. The summed E-state index contributed by atoms with van der Waals surface area (Å²) in [5.74, 6) is -0.462. The number of hydrogen-bond donors (Lipinski definition) is 2. The highest BCUT2D eigenvalue weighted by molar-refractivity contribution is 6.03. The molecule has 2 atom stereocenters. The normalized spacial score (nSPS) is 31.4. The van der Waals surface area contributed by atoms with Crippen LogP contribution in [-0.4, -0.2) is 54.1 Å². The minimum atomic E-state index is -0.671. The van der Waals surface area contributed by atoms with E-state index in [0.29, 0.717) is 0 Å². The number of imide groups is 1. The van der Waals surface area contributed by atoms with Crippen LogP contribution in [0.3, 0.4) is 0 Å². The Bertz CT molecular complexity index is 329. The predicted molar refractivity (Wildman–Crippen MR) is 45.2 cm³/mol. The minimum absolute atomic E-state index is 0.350. The summed E-state index contributed by atoms with van der Waals surface area (Å²) < 4.78 is 0. The van der Waals surface area contributed by atoms with Gasteiger partial charge in [0, 0.05) is 14.1 Å². The van der Waals surface area contributed by atoms with Crippen LogP contribution in [0.1, 0.15) is 0 Å². The van der Waals surface area contributed by atoms with E-state index in [-0.39, 0.29) is 6.03 Å². The summed E-state index contributed by atoms with van der Waals surface area (Å²) in [6, 6.07) is -1.51. The van der Waals surface area contributed by atoms with E-state index < -0.39 is 24.1 Å². The third kappa shape index (κ3) is 0.949. The lowest BCUT2D eigenvalue weighted by Gasteiger charge is -2.35. The first-order valence-electron chi connectivity index (χ1n) is 4.13. The molecule has 2 aliphatic rings. The van der Waals surface area contributed by atoms with Crippen LogP contribution in [-0.2, 0) is 4.79 Å². The van der Waals surface area contributed by atoms with E-state index in [9.17, 15) is 14.4 Å². The van der Waals surface area contributed by atoms with Crippen molar-refractivity contribution < 1.29 is 14.4 Å². The number of urea groups is 2. The lowest BCUT2D eigenvalue weighted by molar-refractivity contribution is -0.125. The Balaban J connectivity index is 2.34. The number of rotatable bonds is 0. The van der Waals surface area contributed by atoms with Crippen molar-refractivity contribution in [1.29, 1.82) is 0 Å². The zero-order chi connectivity index (χ0) is 10.5. The van der Waals surface area contributed by atoms with E-state index in [1.54, 1.807) is 7.05 Å². The van der Waals surface area contributed by atoms with E-state index in [4.69, 9.17) is 0 Å². The van der Waals surface area contributed by atoms with Gasteiger partial charge in [0.1, 0.15) is 12.2 Å². The lowest BCUT2D eigenvalue weighted by atomic mass is 10.1. The third-order valence-electron chi connectivity index (χ3n) is 2.52. The highest BCUT2D eigenvalue weighted by atomic mass is 16.2. The molecule has 2 saturated heterocycles. The van der Waals surface area contributed by atoms with Crippen LogP contribution in [0.4, 0.5) is 9.59 Å². The largest absolute Gasteiger partial charge is 0.325 e. The first-order chi connectivity index (χ1) is 6.52. The van der Waals surface area contributed by atoms with E-state index in [1.807, 2.05) is 0 Å². The fraction of sp³-hybridized carbons (Fsp3) is 0.571. The van der Waals surface area contributed by atoms with E-state index >= 15 is 0 Å². The summed E-state index contributed by atoms with van der Waals surface area (Å²) in [7, 11) is 3.08. The molecule has 5 amide bonds. The van der Waals surface area contributed by atoms with Gasteiger partial charge in [-0.05, 0) is 0 Å². The standard InChI is InChI=1S/C7H10N4O3/c1-10-5-3(8-6(10)13)4(12)9-7(14)11(5)2/h3,5H,1-2H3,(H,8,13)(H,9,12,14). The van der Waals surface area contributed by atoms with Gasteiger partial charge in [0.15, 0.2) is 0 Å². The zero-order valence-corrected chi connectivity index (χ0v) is 7.77. The summed E-state index contributed by atoms with van der Waals surface area (Å²) in [5, 5.41) is 4.64. The topological polar surface area (TPSA) is 81.8 Å². The van der Waals surface area contributed by atoms with E-state index in [0.717, 1.165) is 0 Å². The van der Waals surface area contributed by atoms with Crippen LogP contribution in [0.15, 0.2) is 0 Å². The quantitative estimate of drug-likeness (QED) is 0.498. The van der Waals surface area contributed by atoms with Crippen molar-refractivity contribution in [2.45, 2.75) is 12.2 Å². The second kappa shape index (κ2) is 2.60. The molecule has 0 aliphatic carbocycles. The number of fused-ring (bicyclic) bond motifs is 1. The Morgan fingerprint density at radius 3 is 2.29 bits per heavy atom. The molecule has 0 saturated carbocycles. The van der Waals surface area contributed by atoms with Crippen molar-refractivity contribution >= 4 is 18.0 Å². The monoisotopic (exact) mass is 198 g/mol. The Labute approximate surface area is 80.0 Å². The average molecular weight is 198 g/mol. The van der Waals surface area contributed by atoms with Crippen LogP contribution in [0.2, 0.25) is 0 Å². The van der Waals surface area contributed by atoms with Crippen molar-refractivity contribution in [2.75, 3.05) is 14.1 Å². The van der Waals surface area contributed by atoms with Gasteiger partial charge in [-0.1, -0.05) is 0 Å². The second-order valence-electron chi connectivity index (χ2n) is 3.36.